The maximum atomic E-state index is 6.09. The SMILES string of the molecule is Clc1cccc(NCc2nc(-c3ccsc3)no2)c1Cl. The molecule has 20 heavy (non-hydrogen) atoms. The maximum Gasteiger partial charge on any atom is 0.246 e. The minimum absolute atomic E-state index is 0.386. The molecule has 4 nitrogen and oxygen atoms in total. The van der Waals surface area contributed by atoms with Crippen LogP contribution in [0.1, 0.15) is 5.89 Å². The zero-order chi connectivity index (χ0) is 13.9. The van der Waals surface area contributed by atoms with Gasteiger partial charge in [-0.2, -0.15) is 16.3 Å². The van der Waals surface area contributed by atoms with Crippen molar-refractivity contribution in [2.24, 2.45) is 0 Å². The van der Waals surface area contributed by atoms with Crippen molar-refractivity contribution in [1.82, 2.24) is 10.1 Å². The Balaban J connectivity index is 1.71. The smallest absolute Gasteiger partial charge is 0.246 e. The highest BCUT2D eigenvalue weighted by molar-refractivity contribution is 7.08. The molecule has 0 spiro atoms. The summed E-state index contributed by atoms with van der Waals surface area (Å²) in [6.45, 7) is 0.386. The van der Waals surface area contributed by atoms with Crippen LogP contribution in [-0.2, 0) is 6.54 Å². The summed E-state index contributed by atoms with van der Waals surface area (Å²) in [6.07, 6.45) is 0. The summed E-state index contributed by atoms with van der Waals surface area (Å²) in [4.78, 5) is 4.31. The molecule has 3 rings (SSSR count). The van der Waals surface area contributed by atoms with E-state index in [2.05, 4.69) is 15.5 Å². The second-order valence-corrected chi connectivity index (χ2v) is 5.54. The Morgan fingerprint density at radius 2 is 2.15 bits per heavy atom. The number of anilines is 1. The van der Waals surface area contributed by atoms with Crippen molar-refractivity contribution in [3.05, 3.63) is 51.0 Å². The van der Waals surface area contributed by atoms with Crippen molar-refractivity contribution < 1.29 is 4.52 Å². The van der Waals surface area contributed by atoms with Crippen LogP contribution in [-0.4, -0.2) is 10.1 Å². The first-order valence-electron chi connectivity index (χ1n) is 5.77. The molecule has 0 aliphatic rings. The van der Waals surface area contributed by atoms with Crippen LogP contribution in [0.2, 0.25) is 10.0 Å². The number of hydrogen-bond donors (Lipinski definition) is 1. The van der Waals surface area contributed by atoms with Crippen LogP contribution in [0, 0.1) is 0 Å². The van der Waals surface area contributed by atoms with Crippen LogP contribution in [0.4, 0.5) is 5.69 Å². The van der Waals surface area contributed by atoms with E-state index in [4.69, 9.17) is 27.7 Å². The van der Waals surface area contributed by atoms with E-state index in [0.717, 1.165) is 11.3 Å². The number of aromatic nitrogens is 2. The van der Waals surface area contributed by atoms with Gasteiger partial charge in [-0.05, 0) is 23.6 Å². The van der Waals surface area contributed by atoms with E-state index in [1.807, 2.05) is 29.0 Å². The normalized spacial score (nSPS) is 10.7. The Morgan fingerprint density at radius 3 is 2.95 bits per heavy atom. The molecule has 0 radical (unpaired) electrons. The highest BCUT2D eigenvalue weighted by atomic mass is 35.5. The lowest BCUT2D eigenvalue weighted by Crippen LogP contribution is -2.00. The first-order valence-corrected chi connectivity index (χ1v) is 7.47. The molecule has 7 heteroatoms. The van der Waals surface area contributed by atoms with Crippen LogP contribution < -0.4 is 5.32 Å². The van der Waals surface area contributed by atoms with Gasteiger partial charge in [0.05, 0.1) is 22.3 Å². The Morgan fingerprint density at radius 1 is 1.25 bits per heavy atom. The average molecular weight is 326 g/mol. The van der Waals surface area contributed by atoms with E-state index in [1.165, 1.54) is 0 Å². The van der Waals surface area contributed by atoms with Crippen molar-refractivity contribution >= 4 is 40.2 Å². The first-order chi connectivity index (χ1) is 9.74. The third-order valence-electron chi connectivity index (χ3n) is 2.63. The quantitative estimate of drug-likeness (QED) is 0.754. The fraction of sp³-hybridized carbons (Fsp3) is 0.0769. The van der Waals surface area contributed by atoms with E-state index in [9.17, 15) is 0 Å². The Hall–Kier alpha value is -1.56. The van der Waals surface area contributed by atoms with Gasteiger partial charge in [0.1, 0.15) is 0 Å². The van der Waals surface area contributed by atoms with Crippen molar-refractivity contribution in [2.75, 3.05) is 5.32 Å². The van der Waals surface area contributed by atoms with Crippen LogP contribution >= 0.6 is 34.5 Å². The number of benzene rings is 1. The topological polar surface area (TPSA) is 51.0 Å². The minimum atomic E-state index is 0.386. The Bertz CT molecular complexity index is 712. The minimum Gasteiger partial charge on any atom is -0.375 e. The van der Waals surface area contributed by atoms with Crippen LogP contribution in [0.3, 0.4) is 0 Å². The van der Waals surface area contributed by atoms with Gasteiger partial charge in [-0.3, -0.25) is 0 Å². The molecule has 0 saturated carbocycles. The molecule has 2 aromatic heterocycles. The summed E-state index contributed by atoms with van der Waals surface area (Å²) in [6, 6.07) is 7.34. The number of halogens is 2. The molecule has 0 bridgehead atoms. The van der Waals surface area contributed by atoms with Gasteiger partial charge in [0.2, 0.25) is 11.7 Å². The average Bonchev–Trinajstić information content (AvgIpc) is 3.10. The van der Waals surface area contributed by atoms with Gasteiger partial charge in [-0.25, -0.2) is 0 Å². The lowest BCUT2D eigenvalue weighted by molar-refractivity contribution is 0.384. The number of thiophene rings is 1. The number of nitrogens with one attached hydrogen (secondary N) is 1. The summed E-state index contributed by atoms with van der Waals surface area (Å²) in [5.74, 6) is 1.07. The lowest BCUT2D eigenvalue weighted by Gasteiger charge is -2.06. The first kappa shape index (κ1) is 13.4. The molecule has 0 amide bonds. The molecule has 0 fully saturated rings. The fourth-order valence-corrected chi connectivity index (χ4v) is 2.65. The summed E-state index contributed by atoms with van der Waals surface area (Å²) in [7, 11) is 0. The van der Waals surface area contributed by atoms with Crippen molar-refractivity contribution in [3.8, 4) is 11.4 Å². The molecule has 0 aliphatic heterocycles. The van der Waals surface area contributed by atoms with E-state index in [1.54, 1.807) is 17.4 Å². The Kier molecular flexibility index (Phi) is 3.91. The van der Waals surface area contributed by atoms with Gasteiger partial charge in [0, 0.05) is 10.9 Å². The number of rotatable bonds is 4. The summed E-state index contributed by atoms with van der Waals surface area (Å²) in [5.41, 5.74) is 1.68. The maximum absolute atomic E-state index is 6.09. The summed E-state index contributed by atoms with van der Waals surface area (Å²) in [5, 5.41) is 12.0. The predicted octanol–water partition coefficient (Wildman–Crippen LogP) is 4.72. The van der Waals surface area contributed by atoms with Crippen molar-refractivity contribution in [1.29, 1.82) is 0 Å². The second-order valence-electron chi connectivity index (χ2n) is 3.98. The molecule has 1 N–H and O–H groups in total. The van der Waals surface area contributed by atoms with Crippen LogP contribution in [0.15, 0.2) is 39.5 Å². The third kappa shape index (κ3) is 2.80. The fourth-order valence-electron chi connectivity index (χ4n) is 1.65. The molecule has 3 aromatic rings. The molecule has 1 aromatic carbocycles. The zero-order valence-electron chi connectivity index (χ0n) is 10.1. The lowest BCUT2D eigenvalue weighted by atomic mass is 10.3. The van der Waals surface area contributed by atoms with Gasteiger partial charge < -0.3 is 9.84 Å². The molecule has 102 valence electrons. The van der Waals surface area contributed by atoms with Gasteiger partial charge in [0.25, 0.3) is 0 Å². The van der Waals surface area contributed by atoms with Gasteiger partial charge in [0.15, 0.2) is 0 Å². The van der Waals surface area contributed by atoms with E-state index in [-0.39, 0.29) is 0 Å². The number of nitrogens with zero attached hydrogens (tertiary/aromatic N) is 2. The standard InChI is InChI=1S/C13H9Cl2N3OS/c14-9-2-1-3-10(12(9)15)16-6-11-17-13(18-19-11)8-4-5-20-7-8/h1-5,7,16H,6H2. The van der Waals surface area contributed by atoms with Crippen LogP contribution in [0.25, 0.3) is 11.4 Å². The molecule has 0 atom stereocenters. The zero-order valence-corrected chi connectivity index (χ0v) is 12.5. The monoisotopic (exact) mass is 325 g/mol. The van der Waals surface area contributed by atoms with Crippen molar-refractivity contribution in [2.45, 2.75) is 6.54 Å². The molecule has 0 unspecified atom stereocenters. The molecular formula is C13H9Cl2N3OS. The summed E-state index contributed by atoms with van der Waals surface area (Å²) >= 11 is 13.6. The predicted molar refractivity (Wildman–Crippen MR) is 81.4 cm³/mol. The van der Waals surface area contributed by atoms with E-state index >= 15 is 0 Å². The Labute approximate surface area is 129 Å². The number of hydrogen-bond acceptors (Lipinski definition) is 5. The van der Waals surface area contributed by atoms with Crippen LogP contribution in [0.5, 0.6) is 0 Å². The van der Waals surface area contributed by atoms with Crippen molar-refractivity contribution in [3.63, 3.8) is 0 Å². The largest absolute Gasteiger partial charge is 0.375 e. The van der Waals surface area contributed by atoms with Gasteiger partial charge in [-0.1, -0.05) is 34.4 Å². The van der Waals surface area contributed by atoms with Gasteiger partial charge >= 0.3 is 0 Å². The third-order valence-corrected chi connectivity index (χ3v) is 4.13. The van der Waals surface area contributed by atoms with E-state index < -0.39 is 0 Å². The molecule has 0 saturated heterocycles. The molecule has 0 aliphatic carbocycles. The van der Waals surface area contributed by atoms with Gasteiger partial charge in [-0.15, -0.1) is 0 Å². The highest BCUT2D eigenvalue weighted by Gasteiger charge is 2.10. The second kappa shape index (κ2) is 5.83. The highest BCUT2D eigenvalue weighted by Crippen LogP contribution is 2.29. The molecule has 2 heterocycles. The summed E-state index contributed by atoms with van der Waals surface area (Å²) < 4.78 is 5.19. The van der Waals surface area contributed by atoms with E-state index in [0.29, 0.717) is 28.3 Å². The molecular weight excluding hydrogens is 317 g/mol.